The van der Waals surface area contributed by atoms with E-state index in [1.54, 1.807) is 6.20 Å². The van der Waals surface area contributed by atoms with Gasteiger partial charge in [-0.2, -0.15) is 0 Å². The second-order valence-electron chi connectivity index (χ2n) is 8.45. The van der Waals surface area contributed by atoms with Crippen LogP contribution in [0.1, 0.15) is 51.2 Å². The highest BCUT2D eigenvalue weighted by molar-refractivity contribution is 7.13. The molecule has 6 rings (SSSR count). The fourth-order valence-electron chi connectivity index (χ4n) is 4.87. The number of anilines is 1. The lowest BCUT2D eigenvalue weighted by Gasteiger charge is -2.21. The molecule has 1 saturated carbocycles. The lowest BCUT2D eigenvalue weighted by Crippen LogP contribution is -2.29. The second kappa shape index (κ2) is 6.45. The molecule has 3 aromatic rings. The average Bonchev–Trinajstić information content (AvgIpc) is 3.11. The van der Waals surface area contributed by atoms with E-state index < -0.39 is 17.0 Å². The van der Waals surface area contributed by atoms with Gasteiger partial charge in [-0.1, -0.05) is 24.3 Å². The second-order valence-corrected chi connectivity index (χ2v) is 9.34. The van der Waals surface area contributed by atoms with Gasteiger partial charge in [-0.15, -0.1) is 11.3 Å². The quantitative estimate of drug-likeness (QED) is 0.482. The number of pyridine rings is 1. The van der Waals surface area contributed by atoms with Gasteiger partial charge in [-0.3, -0.25) is 9.78 Å². The highest BCUT2D eigenvalue weighted by Crippen LogP contribution is 2.52. The van der Waals surface area contributed by atoms with Crippen LogP contribution in [-0.2, 0) is 15.8 Å². The van der Waals surface area contributed by atoms with Gasteiger partial charge in [0.05, 0.1) is 16.7 Å². The summed E-state index contributed by atoms with van der Waals surface area (Å²) in [4.78, 5) is 35.1. The summed E-state index contributed by atoms with van der Waals surface area (Å²) >= 11 is 1.40. The zero-order chi connectivity index (χ0) is 21.2. The van der Waals surface area contributed by atoms with Crippen LogP contribution in [0.4, 0.5) is 5.13 Å². The van der Waals surface area contributed by atoms with Crippen LogP contribution in [0.3, 0.4) is 0 Å². The minimum atomic E-state index is -0.669. The molecule has 1 saturated heterocycles. The van der Waals surface area contributed by atoms with Crippen molar-refractivity contribution < 1.29 is 14.3 Å². The molecule has 1 atom stereocenters. The summed E-state index contributed by atoms with van der Waals surface area (Å²) in [7, 11) is 0. The van der Waals surface area contributed by atoms with Gasteiger partial charge in [0, 0.05) is 35.7 Å². The number of hydrogen-bond acceptors (Lipinski definition) is 8. The summed E-state index contributed by atoms with van der Waals surface area (Å²) in [5, 5.41) is 5.70. The lowest BCUT2D eigenvalue weighted by atomic mass is 9.85. The highest BCUT2D eigenvalue weighted by atomic mass is 32.1. The van der Waals surface area contributed by atoms with Crippen molar-refractivity contribution in [3.05, 3.63) is 64.3 Å². The molecular formula is C23H20N4O3S. The van der Waals surface area contributed by atoms with Crippen LogP contribution < -0.4 is 11.1 Å². The normalized spacial score (nSPS) is 23.0. The minimum Gasteiger partial charge on any atom is -0.449 e. The summed E-state index contributed by atoms with van der Waals surface area (Å²) in [5.41, 5.74) is 8.53. The van der Waals surface area contributed by atoms with E-state index in [2.05, 4.69) is 15.3 Å². The maximum Gasteiger partial charge on any atom is 0.341 e. The number of fused-ring (bicyclic) bond motifs is 2. The minimum absolute atomic E-state index is 0.102. The third-order valence-electron chi connectivity index (χ3n) is 6.71. The molecule has 156 valence electrons. The molecule has 4 heterocycles. The third kappa shape index (κ3) is 2.68. The monoisotopic (exact) mass is 432 g/mol. The van der Waals surface area contributed by atoms with Crippen molar-refractivity contribution >= 4 is 28.2 Å². The number of rotatable bonds is 4. The zero-order valence-corrected chi connectivity index (χ0v) is 17.5. The number of ketones is 1. The highest BCUT2D eigenvalue weighted by Gasteiger charge is 2.55. The van der Waals surface area contributed by atoms with Gasteiger partial charge in [0.25, 0.3) is 0 Å². The third-order valence-corrected chi connectivity index (χ3v) is 7.38. The van der Waals surface area contributed by atoms with Gasteiger partial charge in [0.15, 0.2) is 16.5 Å². The molecular weight excluding hydrogens is 412 g/mol. The number of carbonyl (C=O) groups excluding carboxylic acids is 2. The zero-order valence-electron chi connectivity index (χ0n) is 16.7. The van der Waals surface area contributed by atoms with Gasteiger partial charge in [-0.25, -0.2) is 9.78 Å². The van der Waals surface area contributed by atoms with Crippen molar-refractivity contribution in [2.24, 2.45) is 0 Å². The molecule has 0 bridgehead atoms. The summed E-state index contributed by atoms with van der Waals surface area (Å²) in [6.45, 7) is 1.34. The van der Waals surface area contributed by atoms with Crippen molar-refractivity contribution in [2.75, 3.05) is 18.8 Å². The Hall–Kier alpha value is -3.10. The van der Waals surface area contributed by atoms with E-state index in [0.717, 1.165) is 41.8 Å². The van der Waals surface area contributed by atoms with E-state index in [1.807, 2.05) is 35.7 Å². The van der Waals surface area contributed by atoms with Crippen molar-refractivity contribution in [2.45, 2.75) is 30.3 Å². The maximum atomic E-state index is 13.7. The molecule has 2 aromatic heterocycles. The average molecular weight is 433 g/mol. The van der Waals surface area contributed by atoms with Gasteiger partial charge >= 0.3 is 5.97 Å². The predicted molar refractivity (Wildman–Crippen MR) is 116 cm³/mol. The predicted octanol–water partition coefficient (Wildman–Crippen LogP) is 3.06. The Bertz CT molecular complexity index is 1220. The number of thiazole rings is 1. The van der Waals surface area contributed by atoms with E-state index in [-0.39, 0.29) is 11.5 Å². The van der Waals surface area contributed by atoms with Gasteiger partial charge < -0.3 is 15.8 Å². The van der Waals surface area contributed by atoms with Crippen LogP contribution in [-0.4, -0.2) is 34.8 Å². The standard InChI is InChI=1S/C23H20N4O3S/c24-21-27-16(11-31-21)13-1-3-14(4-2-13)22(6-7-22)19(28)18-17-15(5-9-26-18)23(30-20(17)29)8-10-25-12-23/h1-5,9,11,25H,6-8,10,12H2,(H2,24,27). The molecule has 1 spiro atoms. The molecule has 3 aliphatic rings. The van der Waals surface area contributed by atoms with E-state index >= 15 is 0 Å². The maximum absolute atomic E-state index is 13.7. The van der Waals surface area contributed by atoms with Gasteiger partial charge in [-0.05, 0) is 31.0 Å². The number of hydrogen-bond donors (Lipinski definition) is 2. The molecule has 31 heavy (non-hydrogen) atoms. The number of carbonyl (C=O) groups is 2. The Morgan fingerprint density at radius 1 is 1.16 bits per heavy atom. The Kier molecular flexibility index (Phi) is 3.88. The first kappa shape index (κ1) is 18.7. The number of nitrogens with zero attached hydrogens (tertiary/aromatic N) is 2. The molecule has 1 aliphatic carbocycles. The SMILES string of the molecule is Nc1nc(-c2ccc(C3(C(=O)c4nccc5c4C(=O)OC54CCNC4)CC3)cc2)cs1. The first-order valence-corrected chi connectivity index (χ1v) is 11.2. The molecule has 2 aliphatic heterocycles. The van der Waals surface area contributed by atoms with E-state index in [4.69, 9.17) is 10.5 Å². The molecule has 8 heteroatoms. The van der Waals surface area contributed by atoms with Crippen LogP contribution in [0, 0.1) is 0 Å². The van der Waals surface area contributed by atoms with Crippen molar-refractivity contribution in [3.63, 3.8) is 0 Å². The Morgan fingerprint density at radius 2 is 1.97 bits per heavy atom. The molecule has 3 N–H and O–H groups in total. The Labute approximate surface area is 182 Å². The van der Waals surface area contributed by atoms with Crippen molar-refractivity contribution in [3.8, 4) is 11.3 Å². The molecule has 0 radical (unpaired) electrons. The smallest absolute Gasteiger partial charge is 0.341 e. The van der Waals surface area contributed by atoms with Gasteiger partial charge in [0.1, 0.15) is 5.69 Å². The molecule has 2 fully saturated rings. The Morgan fingerprint density at radius 3 is 2.61 bits per heavy atom. The Balaban J connectivity index is 1.36. The molecule has 7 nitrogen and oxygen atoms in total. The molecule has 0 amide bonds. The molecule has 1 aromatic carbocycles. The summed E-state index contributed by atoms with van der Waals surface area (Å²) < 4.78 is 5.77. The van der Waals surface area contributed by atoms with Crippen LogP contribution in [0.2, 0.25) is 0 Å². The van der Waals surface area contributed by atoms with Crippen molar-refractivity contribution in [1.82, 2.24) is 15.3 Å². The van der Waals surface area contributed by atoms with E-state index in [9.17, 15) is 9.59 Å². The van der Waals surface area contributed by atoms with Crippen LogP contribution in [0.15, 0.2) is 41.9 Å². The number of benzene rings is 1. The van der Waals surface area contributed by atoms with E-state index in [1.165, 1.54) is 11.3 Å². The van der Waals surface area contributed by atoms with E-state index in [0.29, 0.717) is 23.7 Å². The number of nitrogens with two attached hydrogens (primary N) is 1. The fraction of sp³-hybridized carbons (Fsp3) is 0.304. The number of Topliss-reactive ketones (excluding diaryl/α,β-unsaturated/α-hetero) is 1. The van der Waals surface area contributed by atoms with Crippen molar-refractivity contribution in [1.29, 1.82) is 0 Å². The van der Waals surface area contributed by atoms with Crippen LogP contribution in [0.5, 0.6) is 0 Å². The number of nitrogens with one attached hydrogen (secondary N) is 1. The number of esters is 1. The van der Waals surface area contributed by atoms with Gasteiger partial charge in [0.2, 0.25) is 0 Å². The van der Waals surface area contributed by atoms with Crippen LogP contribution >= 0.6 is 11.3 Å². The molecule has 1 unspecified atom stereocenters. The summed E-state index contributed by atoms with van der Waals surface area (Å²) in [5.74, 6) is -0.544. The first-order valence-electron chi connectivity index (χ1n) is 10.3. The lowest BCUT2D eigenvalue weighted by molar-refractivity contribution is 0.00158. The summed E-state index contributed by atoms with van der Waals surface area (Å²) in [6, 6.07) is 9.69. The first-order chi connectivity index (χ1) is 15.0. The number of aromatic nitrogens is 2. The number of ether oxygens (including phenoxy) is 1. The summed E-state index contributed by atoms with van der Waals surface area (Å²) in [6.07, 6.45) is 3.81. The largest absolute Gasteiger partial charge is 0.449 e. The van der Waals surface area contributed by atoms with Crippen LogP contribution in [0.25, 0.3) is 11.3 Å². The topological polar surface area (TPSA) is 107 Å². The fourth-order valence-corrected chi connectivity index (χ4v) is 5.44. The number of nitrogen functional groups attached to an aromatic ring is 1.